The molecule has 1 saturated heterocycles. The summed E-state index contributed by atoms with van der Waals surface area (Å²) in [5.41, 5.74) is 2.40. The third kappa shape index (κ3) is 3.62. The second-order valence-electron chi connectivity index (χ2n) is 9.26. The molecule has 1 aliphatic heterocycles. The third-order valence-electron chi connectivity index (χ3n) is 5.51. The van der Waals surface area contributed by atoms with Gasteiger partial charge in [0.25, 0.3) is 11.6 Å². The van der Waals surface area contributed by atoms with Crippen molar-refractivity contribution in [1.29, 1.82) is 0 Å². The van der Waals surface area contributed by atoms with Gasteiger partial charge in [-0.05, 0) is 50.0 Å². The molecule has 1 saturated carbocycles. The van der Waals surface area contributed by atoms with Crippen molar-refractivity contribution in [2.45, 2.75) is 71.3 Å². The molecule has 3 heterocycles. The van der Waals surface area contributed by atoms with Crippen LogP contribution in [0.5, 0.6) is 0 Å². The summed E-state index contributed by atoms with van der Waals surface area (Å²) in [7, 11) is 0. The maximum absolute atomic E-state index is 13.5. The Balaban J connectivity index is 1.82. The molecular formula is C21H27N3O4. The molecule has 1 amide bonds. The Bertz CT molecular complexity index is 924. The number of hydrogen-bond acceptors (Lipinski definition) is 5. The number of rotatable bonds is 4. The van der Waals surface area contributed by atoms with E-state index < -0.39 is 12.0 Å². The molecule has 2 fully saturated rings. The van der Waals surface area contributed by atoms with Crippen molar-refractivity contribution in [2.24, 2.45) is 5.41 Å². The van der Waals surface area contributed by atoms with Gasteiger partial charge in [-0.15, -0.1) is 0 Å². The maximum atomic E-state index is 13.5. The van der Waals surface area contributed by atoms with Crippen molar-refractivity contribution < 1.29 is 19.2 Å². The van der Waals surface area contributed by atoms with Gasteiger partial charge >= 0.3 is 5.97 Å². The smallest absolute Gasteiger partial charge is 0.326 e. The predicted octanol–water partition coefficient (Wildman–Crippen LogP) is 3.77. The molecule has 7 nitrogen and oxygen atoms in total. The monoisotopic (exact) mass is 385 g/mol. The summed E-state index contributed by atoms with van der Waals surface area (Å²) in [5, 5.41) is 14.5. The van der Waals surface area contributed by atoms with E-state index in [1.54, 1.807) is 0 Å². The van der Waals surface area contributed by atoms with Gasteiger partial charge in [-0.1, -0.05) is 25.9 Å². The summed E-state index contributed by atoms with van der Waals surface area (Å²) in [6.07, 6.45) is 4.88. The summed E-state index contributed by atoms with van der Waals surface area (Å²) in [6.45, 7) is 6.77. The van der Waals surface area contributed by atoms with Gasteiger partial charge in [0, 0.05) is 18.2 Å². The number of aromatic nitrogens is 2. The first-order valence-corrected chi connectivity index (χ1v) is 10.1. The van der Waals surface area contributed by atoms with E-state index in [0.29, 0.717) is 47.7 Å². The fraction of sp³-hybridized carbons (Fsp3) is 0.619. The Kier molecular flexibility index (Phi) is 4.63. The number of carboxylic acid groups (broad SMARTS) is 1. The number of pyridine rings is 1. The third-order valence-corrected chi connectivity index (χ3v) is 5.51. The van der Waals surface area contributed by atoms with Crippen molar-refractivity contribution in [3.05, 3.63) is 23.0 Å². The molecule has 7 heteroatoms. The minimum atomic E-state index is -0.944. The molecule has 1 atom stereocenters. The van der Waals surface area contributed by atoms with Crippen LogP contribution in [0.2, 0.25) is 0 Å². The first kappa shape index (κ1) is 18.9. The molecule has 150 valence electrons. The number of carboxylic acids is 1. The molecule has 2 aromatic rings. The highest BCUT2D eigenvalue weighted by Gasteiger charge is 2.36. The van der Waals surface area contributed by atoms with E-state index in [0.717, 1.165) is 31.4 Å². The number of nitrogens with zero attached hydrogens (tertiary/aromatic N) is 3. The fourth-order valence-corrected chi connectivity index (χ4v) is 4.00. The summed E-state index contributed by atoms with van der Waals surface area (Å²) < 4.78 is 5.52. The average molecular weight is 385 g/mol. The van der Waals surface area contributed by atoms with Gasteiger partial charge in [0.1, 0.15) is 6.04 Å². The standard InChI is InChI=1S/C21H27N3O4/c1-21(2,3)11-15-17-13(10-14(12-7-8-12)22-18(17)28-23-15)19(25)24-9-5-4-6-16(24)20(26)27/h10,12,16H,4-9,11H2,1-3H3,(H,26,27)/t16-/m1/s1. The Labute approximate surface area is 164 Å². The molecule has 0 radical (unpaired) electrons. The van der Waals surface area contributed by atoms with Gasteiger partial charge in [-0.3, -0.25) is 4.79 Å². The first-order chi connectivity index (χ1) is 13.2. The average Bonchev–Trinajstić information content (AvgIpc) is 3.42. The molecule has 0 unspecified atom stereocenters. The highest BCUT2D eigenvalue weighted by atomic mass is 16.5. The molecule has 2 aromatic heterocycles. The number of aliphatic carboxylic acids is 1. The summed E-state index contributed by atoms with van der Waals surface area (Å²) in [4.78, 5) is 31.3. The highest BCUT2D eigenvalue weighted by molar-refractivity contribution is 6.07. The van der Waals surface area contributed by atoms with Gasteiger partial charge in [0.2, 0.25) is 0 Å². The lowest BCUT2D eigenvalue weighted by Crippen LogP contribution is -2.48. The van der Waals surface area contributed by atoms with Gasteiger partial charge < -0.3 is 14.5 Å². The van der Waals surface area contributed by atoms with E-state index in [1.807, 2.05) is 6.07 Å². The van der Waals surface area contributed by atoms with E-state index in [2.05, 4.69) is 30.9 Å². The summed E-state index contributed by atoms with van der Waals surface area (Å²) in [6, 6.07) is 1.07. The van der Waals surface area contributed by atoms with Crippen molar-refractivity contribution in [3.8, 4) is 0 Å². The van der Waals surface area contributed by atoms with Crippen molar-refractivity contribution in [2.75, 3.05) is 6.54 Å². The van der Waals surface area contributed by atoms with Crippen LogP contribution in [0.25, 0.3) is 11.1 Å². The van der Waals surface area contributed by atoms with E-state index in [4.69, 9.17) is 4.52 Å². The number of amides is 1. The lowest BCUT2D eigenvalue weighted by atomic mass is 9.89. The zero-order chi connectivity index (χ0) is 20.1. The van der Waals surface area contributed by atoms with Crippen LogP contribution in [0.1, 0.15) is 80.5 Å². The zero-order valence-electron chi connectivity index (χ0n) is 16.7. The number of hydrogen-bond donors (Lipinski definition) is 1. The van der Waals surface area contributed by atoms with Crippen LogP contribution in [0, 0.1) is 5.41 Å². The molecule has 4 rings (SSSR count). The van der Waals surface area contributed by atoms with Crippen LogP contribution in [-0.4, -0.2) is 44.6 Å². The second-order valence-corrected chi connectivity index (χ2v) is 9.26. The molecule has 0 spiro atoms. The number of likely N-dealkylation sites (tertiary alicyclic amines) is 1. The van der Waals surface area contributed by atoms with Crippen LogP contribution < -0.4 is 0 Å². The summed E-state index contributed by atoms with van der Waals surface area (Å²) >= 11 is 0. The summed E-state index contributed by atoms with van der Waals surface area (Å²) in [5.74, 6) is -0.843. The molecule has 0 aromatic carbocycles. The lowest BCUT2D eigenvalue weighted by Gasteiger charge is -2.33. The maximum Gasteiger partial charge on any atom is 0.326 e. The molecular weight excluding hydrogens is 358 g/mol. The normalized spacial score (nSPS) is 20.5. The van der Waals surface area contributed by atoms with Crippen LogP contribution >= 0.6 is 0 Å². The molecule has 28 heavy (non-hydrogen) atoms. The van der Waals surface area contributed by atoms with Crippen LogP contribution in [0.3, 0.4) is 0 Å². The van der Waals surface area contributed by atoms with E-state index in [-0.39, 0.29) is 11.3 Å². The van der Waals surface area contributed by atoms with Gasteiger partial charge in [-0.25, -0.2) is 9.78 Å². The van der Waals surface area contributed by atoms with Gasteiger partial charge in [0.15, 0.2) is 0 Å². The number of piperidine rings is 1. The zero-order valence-corrected chi connectivity index (χ0v) is 16.7. The fourth-order valence-electron chi connectivity index (χ4n) is 4.00. The largest absolute Gasteiger partial charge is 0.480 e. The van der Waals surface area contributed by atoms with E-state index in [9.17, 15) is 14.7 Å². The Morgan fingerprint density at radius 2 is 2.00 bits per heavy atom. The van der Waals surface area contributed by atoms with Crippen molar-refractivity contribution >= 4 is 23.0 Å². The molecule has 1 N–H and O–H groups in total. The van der Waals surface area contributed by atoms with Crippen LogP contribution in [0.15, 0.2) is 10.6 Å². The van der Waals surface area contributed by atoms with E-state index >= 15 is 0 Å². The first-order valence-electron chi connectivity index (χ1n) is 10.1. The van der Waals surface area contributed by atoms with Gasteiger partial charge in [-0.2, -0.15) is 0 Å². The minimum Gasteiger partial charge on any atom is -0.480 e. The number of fused-ring (bicyclic) bond motifs is 1. The quantitative estimate of drug-likeness (QED) is 0.860. The van der Waals surface area contributed by atoms with Crippen molar-refractivity contribution in [3.63, 3.8) is 0 Å². The SMILES string of the molecule is CC(C)(C)Cc1noc2nc(C3CC3)cc(C(=O)N3CCCC[C@@H]3C(=O)O)c12. The van der Waals surface area contributed by atoms with Crippen LogP contribution in [0.4, 0.5) is 0 Å². The topological polar surface area (TPSA) is 96.5 Å². The van der Waals surface area contributed by atoms with Crippen LogP contribution in [-0.2, 0) is 11.2 Å². The lowest BCUT2D eigenvalue weighted by molar-refractivity contribution is -0.143. The highest BCUT2D eigenvalue weighted by Crippen LogP contribution is 2.41. The Morgan fingerprint density at radius 1 is 1.25 bits per heavy atom. The second kappa shape index (κ2) is 6.87. The predicted molar refractivity (Wildman–Crippen MR) is 103 cm³/mol. The Hall–Kier alpha value is -2.44. The number of carbonyl (C=O) groups is 2. The van der Waals surface area contributed by atoms with Gasteiger partial charge in [0.05, 0.1) is 16.6 Å². The van der Waals surface area contributed by atoms with Crippen molar-refractivity contribution in [1.82, 2.24) is 15.0 Å². The number of carbonyl (C=O) groups excluding carboxylic acids is 1. The minimum absolute atomic E-state index is 0.0337. The molecule has 2 aliphatic rings. The molecule has 1 aliphatic carbocycles. The van der Waals surface area contributed by atoms with E-state index in [1.165, 1.54) is 4.90 Å². The molecule has 0 bridgehead atoms. The Morgan fingerprint density at radius 3 is 2.64 bits per heavy atom.